The molecule has 1 aliphatic heterocycles. The van der Waals surface area contributed by atoms with E-state index in [0.717, 1.165) is 41.5 Å². The van der Waals surface area contributed by atoms with Crippen LogP contribution in [0.5, 0.6) is 10.9 Å². The van der Waals surface area contributed by atoms with Crippen molar-refractivity contribution < 1.29 is 4.74 Å². The van der Waals surface area contributed by atoms with Crippen LogP contribution < -0.4 is 4.74 Å². The Morgan fingerprint density at radius 1 is 1.19 bits per heavy atom. The number of hydrogen-bond donors (Lipinski definition) is 0. The van der Waals surface area contributed by atoms with Crippen LogP contribution in [0.4, 0.5) is 5.69 Å². The molecule has 4 rings (SSSR count). The molecule has 0 N–H and O–H groups in total. The number of piperidine rings is 1. The van der Waals surface area contributed by atoms with Crippen LogP contribution in [0.1, 0.15) is 55.5 Å². The van der Waals surface area contributed by atoms with Crippen molar-refractivity contribution in [1.82, 2.24) is 14.3 Å². The van der Waals surface area contributed by atoms with E-state index in [2.05, 4.69) is 47.2 Å². The van der Waals surface area contributed by atoms with E-state index in [1.165, 1.54) is 37.2 Å². The van der Waals surface area contributed by atoms with Crippen molar-refractivity contribution in [2.24, 2.45) is 10.9 Å². The fourth-order valence-corrected chi connectivity index (χ4v) is 4.00. The van der Waals surface area contributed by atoms with Gasteiger partial charge in [-0.15, -0.1) is 0 Å². The van der Waals surface area contributed by atoms with Crippen LogP contribution in [0.15, 0.2) is 17.1 Å². The van der Waals surface area contributed by atoms with E-state index in [9.17, 15) is 0 Å². The molecule has 5 nitrogen and oxygen atoms in total. The van der Waals surface area contributed by atoms with Crippen molar-refractivity contribution in [3.05, 3.63) is 29.1 Å². The maximum Gasteiger partial charge on any atom is 0.298 e. The molecule has 0 spiro atoms. The normalized spacial score (nSPS) is 22.8. The molecule has 1 saturated carbocycles. The van der Waals surface area contributed by atoms with Gasteiger partial charge in [-0.3, -0.25) is 0 Å². The minimum absolute atomic E-state index is 0.526. The molecule has 1 aliphatic carbocycles. The lowest BCUT2D eigenvalue weighted by atomic mass is 10.1. The molecule has 0 bridgehead atoms. The van der Waals surface area contributed by atoms with E-state index in [4.69, 9.17) is 9.73 Å². The molecule has 6 heteroatoms. The first kappa shape index (κ1) is 17.5. The molecule has 138 valence electrons. The average molecular weight is 371 g/mol. The van der Waals surface area contributed by atoms with E-state index in [-0.39, 0.29) is 0 Å². The summed E-state index contributed by atoms with van der Waals surface area (Å²) in [7, 11) is 0. The average Bonchev–Trinajstić information content (AvgIpc) is 3.19. The highest BCUT2D eigenvalue weighted by atomic mass is 32.1. The summed E-state index contributed by atoms with van der Waals surface area (Å²) in [5.41, 5.74) is 3.18. The third kappa shape index (κ3) is 3.90. The lowest BCUT2D eigenvalue weighted by Crippen LogP contribution is -2.28. The first-order chi connectivity index (χ1) is 12.6. The standard InChI is InChI=1S/C20H26N4OS/c1-13-9-16(13)19-22-20(26-23-19)25-18-11-14(2)17(10-15(18)3)21-12-24-7-5-4-6-8-24/h10-13,16H,4-9H2,1-3H3/b21-12+. The quantitative estimate of drug-likeness (QED) is 0.535. The maximum absolute atomic E-state index is 6.02. The molecule has 1 aromatic heterocycles. The molecular formula is C20H26N4OS. The molecule has 2 aliphatic rings. The predicted octanol–water partition coefficient (Wildman–Crippen LogP) is 5.22. The SMILES string of the molecule is Cc1cc(Oc2nc(C3CC3C)ns2)c(C)cc1/N=C/N1CCCCC1. The topological polar surface area (TPSA) is 50.6 Å². The van der Waals surface area contributed by atoms with Crippen molar-refractivity contribution in [2.75, 3.05) is 13.1 Å². The number of hydrogen-bond acceptors (Lipinski definition) is 5. The Labute approximate surface area is 159 Å². The number of rotatable bonds is 5. The summed E-state index contributed by atoms with van der Waals surface area (Å²) in [6, 6.07) is 4.15. The highest BCUT2D eigenvalue weighted by Gasteiger charge is 2.37. The second kappa shape index (κ2) is 7.35. The van der Waals surface area contributed by atoms with Gasteiger partial charge in [0.1, 0.15) is 11.6 Å². The van der Waals surface area contributed by atoms with Crippen LogP contribution in [-0.4, -0.2) is 33.7 Å². The van der Waals surface area contributed by atoms with Crippen LogP contribution in [0.2, 0.25) is 0 Å². The zero-order valence-electron chi connectivity index (χ0n) is 15.7. The molecule has 2 heterocycles. The minimum Gasteiger partial charge on any atom is -0.430 e. The van der Waals surface area contributed by atoms with Crippen molar-refractivity contribution in [3.63, 3.8) is 0 Å². The third-order valence-electron chi connectivity index (χ3n) is 5.31. The number of aromatic nitrogens is 2. The van der Waals surface area contributed by atoms with Crippen LogP contribution >= 0.6 is 11.5 Å². The van der Waals surface area contributed by atoms with Gasteiger partial charge in [-0.1, -0.05) is 6.92 Å². The number of nitrogens with zero attached hydrogens (tertiary/aromatic N) is 4. The van der Waals surface area contributed by atoms with E-state index in [1.54, 1.807) is 0 Å². The van der Waals surface area contributed by atoms with Gasteiger partial charge in [0.2, 0.25) is 0 Å². The minimum atomic E-state index is 0.526. The predicted molar refractivity (Wildman–Crippen MR) is 106 cm³/mol. The first-order valence-corrected chi connectivity index (χ1v) is 10.3. The van der Waals surface area contributed by atoms with Crippen LogP contribution in [0.3, 0.4) is 0 Å². The summed E-state index contributed by atoms with van der Waals surface area (Å²) in [5, 5.41) is 0.631. The van der Waals surface area contributed by atoms with E-state index in [1.807, 2.05) is 6.34 Å². The molecule has 2 fully saturated rings. The van der Waals surface area contributed by atoms with Crippen molar-refractivity contribution in [3.8, 4) is 10.9 Å². The molecule has 26 heavy (non-hydrogen) atoms. The second-order valence-corrected chi connectivity index (χ2v) is 8.30. The third-order valence-corrected chi connectivity index (χ3v) is 5.91. The zero-order valence-corrected chi connectivity index (χ0v) is 16.6. The van der Waals surface area contributed by atoms with E-state index < -0.39 is 0 Å². The van der Waals surface area contributed by atoms with Gasteiger partial charge in [0.15, 0.2) is 0 Å². The van der Waals surface area contributed by atoms with Crippen LogP contribution in [-0.2, 0) is 0 Å². The first-order valence-electron chi connectivity index (χ1n) is 9.51. The van der Waals surface area contributed by atoms with Gasteiger partial charge in [-0.05, 0) is 68.7 Å². The number of ether oxygens (including phenoxy) is 1. The van der Waals surface area contributed by atoms with Gasteiger partial charge in [-0.2, -0.15) is 9.36 Å². The molecule has 2 aromatic rings. The molecule has 2 atom stereocenters. The fourth-order valence-electron chi connectivity index (χ4n) is 3.39. The maximum atomic E-state index is 6.02. The van der Waals surface area contributed by atoms with Gasteiger partial charge < -0.3 is 9.64 Å². The summed E-state index contributed by atoms with van der Waals surface area (Å²) in [6.45, 7) is 8.60. The molecule has 0 amide bonds. The summed E-state index contributed by atoms with van der Waals surface area (Å²) in [4.78, 5) is 11.6. The lowest BCUT2D eigenvalue weighted by Gasteiger charge is -2.23. The van der Waals surface area contributed by atoms with Crippen molar-refractivity contribution in [1.29, 1.82) is 0 Å². The molecule has 0 radical (unpaired) electrons. The second-order valence-electron chi connectivity index (χ2n) is 7.59. The Kier molecular flexibility index (Phi) is 4.94. The number of aliphatic imine (C=N–C) groups is 1. The smallest absolute Gasteiger partial charge is 0.298 e. The number of benzene rings is 1. The monoisotopic (exact) mass is 370 g/mol. The fraction of sp³-hybridized carbons (Fsp3) is 0.550. The van der Waals surface area contributed by atoms with Gasteiger partial charge in [0.05, 0.1) is 12.0 Å². The molecule has 2 unspecified atom stereocenters. The number of aryl methyl sites for hydroxylation is 2. The largest absolute Gasteiger partial charge is 0.430 e. The Morgan fingerprint density at radius 2 is 1.96 bits per heavy atom. The Hall–Kier alpha value is -1.95. The molecule has 1 saturated heterocycles. The van der Waals surface area contributed by atoms with Crippen molar-refractivity contribution >= 4 is 23.6 Å². The van der Waals surface area contributed by atoms with Gasteiger partial charge in [0, 0.05) is 30.5 Å². The van der Waals surface area contributed by atoms with Crippen LogP contribution in [0.25, 0.3) is 0 Å². The van der Waals surface area contributed by atoms with Gasteiger partial charge in [-0.25, -0.2) is 4.99 Å². The van der Waals surface area contributed by atoms with Crippen molar-refractivity contribution in [2.45, 2.75) is 52.4 Å². The summed E-state index contributed by atoms with van der Waals surface area (Å²) < 4.78 is 10.5. The zero-order chi connectivity index (χ0) is 18.1. The lowest BCUT2D eigenvalue weighted by molar-refractivity contribution is 0.351. The Bertz CT molecular complexity index is 810. The van der Waals surface area contributed by atoms with Crippen LogP contribution in [0, 0.1) is 19.8 Å². The highest BCUT2D eigenvalue weighted by molar-refractivity contribution is 7.07. The Balaban J connectivity index is 1.46. The van der Waals surface area contributed by atoms with E-state index in [0.29, 0.717) is 17.0 Å². The van der Waals surface area contributed by atoms with Gasteiger partial charge >= 0.3 is 0 Å². The summed E-state index contributed by atoms with van der Waals surface area (Å²) in [6.07, 6.45) is 7.05. The molecule has 1 aromatic carbocycles. The van der Waals surface area contributed by atoms with Gasteiger partial charge in [0.25, 0.3) is 5.19 Å². The summed E-state index contributed by atoms with van der Waals surface area (Å²) >= 11 is 1.34. The summed E-state index contributed by atoms with van der Waals surface area (Å²) in [5.74, 6) is 3.01. The highest BCUT2D eigenvalue weighted by Crippen LogP contribution is 2.46. The molecular weight excluding hydrogens is 344 g/mol. The van der Waals surface area contributed by atoms with E-state index >= 15 is 0 Å². The Morgan fingerprint density at radius 3 is 2.69 bits per heavy atom. The number of likely N-dealkylation sites (tertiary alicyclic amines) is 1.